The molecule has 3 heteroatoms. The van der Waals surface area contributed by atoms with Gasteiger partial charge in [-0.3, -0.25) is 11.3 Å². The summed E-state index contributed by atoms with van der Waals surface area (Å²) in [6.45, 7) is 2.29. The van der Waals surface area contributed by atoms with Gasteiger partial charge in [-0.25, -0.2) is 0 Å². The summed E-state index contributed by atoms with van der Waals surface area (Å²) in [6, 6.07) is 8.48. The fraction of sp³-hybridized carbons (Fsp3) is 0.600. The highest BCUT2D eigenvalue weighted by molar-refractivity contribution is 6.30. The van der Waals surface area contributed by atoms with Crippen LogP contribution in [0.15, 0.2) is 24.3 Å². The third kappa shape index (κ3) is 2.87. The minimum Gasteiger partial charge on any atom is -0.271 e. The lowest BCUT2D eigenvalue weighted by Crippen LogP contribution is -2.48. The van der Waals surface area contributed by atoms with Crippen LogP contribution in [0, 0.1) is 5.41 Å². The average Bonchev–Trinajstić information content (AvgIpc) is 2.88. The van der Waals surface area contributed by atoms with Gasteiger partial charge < -0.3 is 0 Å². The van der Waals surface area contributed by atoms with Crippen LogP contribution in [-0.2, 0) is 6.42 Å². The Labute approximate surface area is 115 Å². The van der Waals surface area contributed by atoms with Crippen LogP contribution in [-0.4, -0.2) is 6.04 Å². The first-order chi connectivity index (χ1) is 8.70. The van der Waals surface area contributed by atoms with Crippen molar-refractivity contribution in [2.45, 2.75) is 51.5 Å². The van der Waals surface area contributed by atoms with Crippen molar-refractivity contribution < 1.29 is 0 Å². The minimum atomic E-state index is 0.367. The first kappa shape index (κ1) is 13.9. The quantitative estimate of drug-likeness (QED) is 0.630. The lowest BCUT2D eigenvalue weighted by atomic mass is 9.74. The molecule has 0 spiro atoms. The predicted octanol–water partition coefficient (Wildman–Crippen LogP) is 3.68. The molecule has 1 unspecified atom stereocenters. The average molecular weight is 267 g/mol. The zero-order valence-corrected chi connectivity index (χ0v) is 11.8. The molecular formula is C15H23ClN2. The van der Waals surface area contributed by atoms with Crippen molar-refractivity contribution in [2.24, 2.45) is 11.3 Å². The van der Waals surface area contributed by atoms with Gasteiger partial charge in [0.1, 0.15) is 0 Å². The molecule has 1 aromatic carbocycles. The van der Waals surface area contributed by atoms with E-state index in [4.69, 9.17) is 17.4 Å². The SMILES string of the molecule is CCC1(C(Cc2ccc(Cl)cc2)NN)CCCC1. The van der Waals surface area contributed by atoms with Gasteiger partial charge >= 0.3 is 0 Å². The fourth-order valence-electron chi connectivity index (χ4n) is 3.34. The largest absolute Gasteiger partial charge is 0.271 e. The van der Waals surface area contributed by atoms with E-state index in [0.717, 1.165) is 11.4 Å². The maximum absolute atomic E-state index is 5.92. The van der Waals surface area contributed by atoms with Crippen molar-refractivity contribution in [1.29, 1.82) is 0 Å². The molecule has 1 aromatic rings. The first-order valence-electron chi connectivity index (χ1n) is 6.91. The number of rotatable bonds is 5. The second-order valence-corrected chi connectivity index (χ2v) is 5.91. The molecule has 0 saturated heterocycles. The Bertz CT molecular complexity index is 369. The van der Waals surface area contributed by atoms with E-state index in [1.807, 2.05) is 12.1 Å². The standard InChI is InChI=1S/C15H23ClN2/c1-2-15(9-3-4-10-15)14(18-17)11-12-5-7-13(16)8-6-12/h5-8,14,18H,2-4,9-11,17H2,1H3. The van der Waals surface area contributed by atoms with Gasteiger partial charge in [-0.15, -0.1) is 0 Å². The van der Waals surface area contributed by atoms with E-state index >= 15 is 0 Å². The molecule has 0 aromatic heterocycles. The molecule has 1 aliphatic carbocycles. The van der Waals surface area contributed by atoms with E-state index in [1.54, 1.807) is 0 Å². The monoisotopic (exact) mass is 266 g/mol. The van der Waals surface area contributed by atoms with Crippen molar-refractivity contribution in [3.8, 4) is 0 Å². The van der Waals surface area contributed by atoms with Gasteiger partial charge in [0.25, 0.3) is 0 Å². The number of nitrogens with two attached hydrogens (primary N) is 1. The second kappa shape index (κ2) is 6.05. The van der Waals surface area contributed by atoms with Crippen LogP contribution < -0.4 is 11.3 Å². The highest BCUT2D eigenvalue weighted by Gasteiger charge is 2.39. The van der Waals surface area contributed by atoms with Gasteiger partial charge in [0.05, 0.1) is 0 Å². The van der Waals surface area contributed by atoms with E-state index in [1.165, 1.54) is 37.7 Å². The van der Waals surface area contributed by atoms with Crippen molar-refractivity contribution >= 4 is 11.6 Å². The Morgan fingerprint density at radius 2 is 1.89 bits per heavy atom. The van der Waals surface area contributed by atoms with Crippen LogP contribution in [0.5, 0.6) is 0 Å². The lowest BCUT2D eigenvalue weighted by Gasteiger charge is -2.36. The van der Waals surface area contributed by atoms with Crippen LogP contribution >= 0.6 is 11.6 Å². The van der Waals surface area contributed by atoms with Crippen LogP contribution in [0.3, 0.4) is 0 Å². The summed E-state index contributed by atoms with van der Waals surface area (Å²) < 4.78 is 0. The maximum atomic E-state index is 5.92. The van der Waals surface area contributed by atoms with Crippen molar-refractivity contribution in [3.63, 3.8) is 0 Å². The molecule has 100 valence electrons. The lowest BCUT2D eigenvalue weighted by molar-refractivity contribution is 0.185. The summed E-state index contributed by atoms with van der Waals surface area (Å²) in [6.07, 6.45) is 7.47. The third-order valence-corrected chi connectivity index (χ3v) is 4.85. The van der Waals surface area contributed by atoms with Gasteiger partial charge in [0.2, 0.25) is 0 Å². The third-order valence-electron chi connectivity index (χ3n) is 4.60. The Balaban J connectivity index is 2.11. The Morgan fingerprint density at radius 1 is 1.28 bits per heavy atom. The molecule has 18 heavy (non-hydrogen) atoms. The molecule has 3 N–H and O–H groups in total. The van der Waals surface area contributed by atoms with E-state index in [0.29, 0.717) is 11.5 Å². The molecule has 2 rings (SSSR count). The summed E-state index contributed by atoms with van der Waals surface area (Å²) in [5.74, 6) is 5.82. The number of nitrogens with one attached hydrogen (secondary N) is 1. The van der Waals surface area contributed by atoms with Gasteiger partial charge in [0.15, 0.2) is 0 Å². The van der Waals surface area contributed by atoms with E-state index in [9.17, 15) is 0 Å². The molecule has 0 radical (unpaired) electrons. The Hall–Kier alpha value is -0.570. The highest BCUT2D eigenvalue weighted by atomic mass is 35.5. The summed E-state index contributed by atoms with van der Waals surface area (Å²) in [5, 5.41) is 0.794. The van der Waals surface area contributed by atoms with Gasteiger partial charge in [-0.05, 0) is 48.8 Å². The van der Waals surface area contributed by atoms with Gasteiger partial charge in [0, 0.05) is 11.1 Å². The Kier molecular flexibility index (Phi) is 4.66. The molecule has 1 aliphatic rings. The van der Waals surface area contributed by atoms with Crippen LogP contribution in [0.25, 0.3) is 0 Å². The molecule has 1 saturated carbocycles. The fourth-order valence-corrected chi connectivity index (χ4v) is 3.46. The summed E-state index contributed by atoms with van der Waals surface area (Å²) >= 11 is 5.92. The predicted molar refractivity (Wildman–Crippen MR) is 77.5 cm³/mol. The van der Waals surface area contributed by atoms with Crippen LogP contribution in [0.1, 0.15) is 44.6 Å². The topological polar surface area (TPSA) is 38.0 Å². The van der Waals surface area contributed by atoms with Gasteiger partial charge in [-0.1, -0.05) is 43.5 Å². The number of hydrazine groups is 1. The van der Waals surface area contributed by atoms with E-state index < -0.39 is 0 Å². The summed E-state index contributed by atoms with van der Waals surface area (Å²) in [4.78, 5) is 0. The highest BCUT2D eigenvalue weighted by Crippen LogP contribution is 2.44. The number of hydrogen-bond acceptors (Lipinski definition) is 2. The van der Waals surface area contributed by atoms with E-state index in [2.05, 4.69) is 24.5 Å². The molecule has 1 fully saturated rings. The number of benzene rings is 1. The molecular weight excluding hydrogens is 244 g/mol. The smallest absolute Gasteiger partial charge is 0.0406 e. The Morgan fingerprint density at radius 3 is 2.39 bits per heavy atom. The molecule has 2 nitrogen and oxygen atoms in total. The first-order valence-corrected chi connectivity index (χ1v) is 7.28. The summed E-state index contributed by atoms with van der Waals surface area (Å²) in [7, 11) is 0. The molecule has 0 amide bonds. The van der Waals surface area contributed by atoms with Crippen molar-refractivity contribution in [1.82, 2.24) is 5.43 Å². The van der Waals surface area contributed by atoms with Gasteiger partial charge in [-0.2, -0.15) is 0 Å². The van der Waals surface area contributed by atoms with Crippen molar-refractivity contribution in [3.05, 3.63) is 34.9 Å². The zero-order valence-electron chi connectivity index (χ0n) is 11.1. The maximum Gasteiger partial charge on any atom is 0.0406 e. The van der Waals surface area contributed by atoms with E-state index in [-0.39, 0.29) is 0 Å². The molecule has 0 aliphatic heterocycles. The molecule has 0 bridgehead atoms. The normalized spacial score (nSPS) is 19.9. The molecule has 1 atom stereocenters. The van der Waals surface area contributed by atoms with Crippen LogP contribution in [0.4, 0.5) is 0 Å². The molecule has 0 heterocycles. The zero-order chi connectivity index (χ0) is 13.0. The second-order valence-electron chi connectivity index (χ2n) is 5.47. The number of halogens is 1. The minimum absolute atomic E-state index is 0.367. The number of hydrogen-bond donors (Lipinski definition) is 2. The van der Waals surface area contributed by atoms with Crippen molar-refractivity contribution in [2.75, 3.05) is 0 Å². The van der Waals surface area contributed by atoms with Crippen LogP contribution in [0.2, 0.25) is 5.02 Å². The summed E-state index contributed by atoms with van der Waals surface area (Å²) in [5.41, 5.74) is 4.76.